The van der Waals surface area contributed by atoms with E-state index in [2.05, 4.69) is 0 Å². The molecule has 142 valence electrons. The summed E-state index contributed by atoms with van der Waals surface area (Å²) in [4.78, 5) is 27.2. The number of rotatable bonds is 5. The van der Waals surface area contributed by atoms with Crippen molar-refractivity contribution in [1.82, 2.24) is 4.90 Å². The number of carbonyl (C=O) groups excluding carboxylic acids is 2. The second-order valence-corrected chi connectivity index (χ2v) is 7.77. The third-order valence-electron chi connectivity index (χ3n) is 5.43. The van der Waals surface area contributed by atoms with Crippen molar-refractivity contribution in [1.29, 1.82) is 0 Å². The maximum absolute atomic E-state index is 12.9. The van der Waals surface area contributed by atoms with Crippen molar-refractivity contribution in [2.75, 3.05) is 0 Å². The molecular weight excluding hydrogens is 342 g/mol. The Hall–Kier alpha value is -2.56. The number of nitrogens with zero attached hydrogens (tertiary/aromatic N) is 1. The van der Waals surface area contributed by atoms with Gasteiger partial charge in [-0.25, -0.2) is 9.59 Å². The molecule has 5 nitrogen and oxygen atoms in total. The highest BCUT2D eigenvalue weighted by molar-refractivity contribution is 5.88. The molecule has 0 aromatic heterocycles. The van der Waals surface area contributed by atoms with Gasteiger partial charge in [-0.05, 0) is 55.9 Å². The summed E-state index contributed by atoms with van der Waals surface area (Å²) < 4.78 is 11.1. The second-order valence-electron chi connectivity index (χ2n) is 7.77. The highest BCUT2D eigenvalue weighted by atomic mass is 16.6. The van der Waals surface area contributed by atoms with E-state index in [-0.39, 0.29) is 24.0 Å². The molecule has 27 heavy (non-hydrogen) atoms. The van der Waals surface area contributed by atoms with Gasteiger partial charge in [0.2, 0.25) is 0 Å². The van der Waals surface area contributed by atoms with Crippen molar-refractivity contribution in [3.05, 3.63) is 48.0 Å². The average Bonchev–Trinajstić information content (AvgIpc) is 3.42. The Labute approximate surface area is 159 Å². The zero-order valence-electron chi connectivity index (χ0n) is 15.9. The van der Waals surface area contributed by atoms with Crippen molar-refractivity contribution in [3.8, 4) is 0 Å². The van der Waals surface area contributed by atoms with Crippen LogP contribution in [-0.4, -0.2) is 35.2 Å². The van der Waals surface area contributed by atoms with Crippen molar-refractivity contribution in [3.63, 3.8) is 0 Å². The number of fused-ring (bicyclic) bond motifs is 1. The van der Waals surface area contributed by atoms with E-state index in [1.807, 2.05) is 63.2 Å². The van der Waals surface area contributed by atoms with E-state index >= 15 is 0 Å². The molecule has 4 rings (SSSR count). The fraction of sp³-hybridized carbons (Fsp3) is 0.455. The predicted octanol–water partition coefficient (Wildman–Crippen LogP) is 4.45. The molecule has 2 aromatic rings. The smallest absolute Gasteiger partial charge is 0.411 e. The first-order chi connectivity index (χ1) is 13.0. The van der Waals surface area contributed by atoms with Gasteiger partial charge in [0, 0.05) is 0 Å². The SMILES string of the molecule is CC(C)OC(=O)C1C(C2CC2)OC(=O)N1C(C)c1cccc2ccccc12. The number of amides is 1. The lowest BCUT2D eigenvalue weighted by atomic mass is 9.97. The number of hydrogen-bond donors (Lipinski definition) is 0. The number of benzene rings is 2. The van der Waals surface area contributed by atoms with Crippen LogP contribution in [0.4, 0.5) is 4.79 Å². The molecule has 1 amide bonds. The van der Waals surface area contributed by atoms with E-state index in [0.29, 0.717) is 0 Å². The summed E-state index contributed by atoms with van der Waals surface area (Å²) in [5, 5.41) is 2.18. The van der Waals surface area contributed by atoms with Crippen LogP contribution in [0, 0.1) is 5.92 Å². The summed E-state index contributed by atoms with van der Waals surface area (Å²) in [5.41, 5.74) is 1.00. The molecule has 1 saturated heterocycles. The zero-order valence-corrected chi connectivity index (χ0v) is 15.9. The standard InChI is InChI=1S/C22H25NO4/c1-13(2)26-21(24)19-20(16-11-12-16)27-22(25)23(19)14(3)17-10-6-8-15-7-4-5-9-18(15)17/h4-10,13-14,16,19-20H,11-12H2,1-3H3. The number of ether oxygens (including phenoxy) is 2. The Morgan fingerprint density at radius 1 is 1.11 bits per heavy atom. The van der Waals surface area contributed by atoms with E-state index < -0.39 is 18.2 Å². The number of cyclic esters (lactones) is 1. The van der Waals surface area contributed by atoms with Gasteiger partial charge >= 0.3 is 12.1 Å². The Morgan fingerprint density at radius 3 is 2.52 bits per heavy atom. The summed E-state index contributed by atoms with van der Waals surface area (Å²) in [7, 11) is 0. The minimum Gasteiger partial charge on any atom is -0.461 e. The molecule has 3 atom stereocenters. The first kappa shape index (κ1) is 17.8. The third-order valence-corrected chi connectivity index (χ3v) is 5.43. The average molecular weight is 367 g/mol. The van der Waals surface area contributed by atoms with E-state index in [1.165, 1.54) is 0 Å². The molecule has 0 spiro atoms. The van der Waals surface area contributed by atoms with Crippen molar-refractivity contribution in [2.24, 2.45) is 5.92 Å². The quantitative estimate of drug-likeness (QED) is 0.733. The van der Waals surface area contributed by atoms with Crippen LogP contribution in [0.2, 0.25) is 0 Å². The molecule has 1 heterocycles. The van der Waals surface area contributed by atoms with E-state index in [9.17, 15) is 9.59 Å². The van der Waals surface area contributed by atoms with Gasteiger partial charge < -0.3 is 9.47 Å². The molecule has 2 aliphatic rings. The highest BCUT2D eigenvalue weighted by Gasteiger charge is 2.54. The first-order valence-electron chi connectivity index (χ1n) is 9.64. The molecule has 3 unspecified atom stereocenters. The van der Waals surface area contributed by atoms with Gasteiger partial charge in [0.25, 0.3) is 0 Å². The van der Waals surface area contributed by atoms with Gasteiger partial charge in [0.05, 0.1) is 12.1 Å². The number of carbonyl (C=O) groups is 2. The maximum atomic E-state index is 12.9. The first-order valence-corrected chi connectivity index (χ1v) is 9.64. The van der Waals surface area contributed by atoms with Crippen LogP contribution in [0.3, 0.4) is 0 Å². The van der Waals surface area contributed by atoms with Crippen LogP contribution in [-0.2, 0) is 14.3 Å². The molecular formula is C22H25NO4. The van der Waals surface area contributed by atoms with Gasteiger partial charge in [-0.2, -0.15) is 0 Å². The monoisotopic (exact) mass is 367 g/mol. The summed E-state index contributed by atoms with van der Waals surface area (Å²) >= 11 is 0. The highest BCUT2D eigenvalue weighted by Crippen LogP contribution is 2.43. The molecule has 5 heteroatoms. The lowest BCUT2D eigenvalue weighted by Crippen LogP contribution is -2.46. The molecule has 0 radical (unpaired) electrons. The van der Waals surface area contributed by atoms with Gasteiger partial charge in [0.1, 0.15) is 6.10 Å². The van der Waals surface area contributed by atoms with E-state index in [1.54, 1.807) is 4.90 Å². The molecule has 1 aliphatic carbocycles. The molecule has 1 aliphatic heterocycles. The van der Waals surface area contributed by atoms with Crippen molar-refractivity contribution in [2.45, 2.75) is 57.9 Å². The summed E-state index contributed by atoms with van der Waals surface area (Å²) in [6.45, 7) is 5.59. The van der Waals surface area contributed by atoms with E-state index in [4.69, 9.17) is 9.47 Å². The van der Waals surface area contributed by atoms with Gasteiger partial charge in [-0.3, -0.25) is 4.90 Å². The van der Waals surface area contributed by atoms with Crippen LogP contribution in [0.15, 0.2) is 42.5 Å². The minimum absolute atomic E-state index is 0.234. The Balaban J connectivity index is 1.72. The maximum Gasteiger partial charge on any atom is 0.411 e. The van der Waals surface area contributed by atoms with Crippen molar-refractivity contribution >= 4 is 22.8 Å². The Kier molecular flexibility index (Phi) is 4.54. The van der Waals surface area contributed by atoms with Crippen LogP contribution >= 0.6 is 0 Å². The summed E-state index contributed by atoms with van der Waals surface area (Å²) in [6, 6.07) is 13.1. The van der Waals surface area contributed by atoms with Crippen LogP contribution in [0.25, 0.3) is 10.8 Å². The molecule has 0 bridgehead atoms. The third kappa shape index (κ3) is 3.27. The Bertz CT molecular complexity index is 868. The number of esters is 1. The number of hydrogen-bond acceptors (Lipinski definition) is 4. The van der Waals surface area contributed by atoms with Crippen LogP contribution in [0.1, 0.15) is 45.2 Å². The molecule has 0 N–H and O–H groups in total. The lowest BCUT2D eigenvalue weighted by molar-refractivity contribution is -0.154. The fourth-order valence-electron chi connectivity index (χ4n) is 4.01. The zero-order chi connectivity index (χ0) is 19.1. The van der Waals surface area contributed by atoms with Gasteiger partial charge in [0.15, 0.2) is 6.04 Å². The van der Waals surface area contributed by atoms with E-state index in [0.717, 1.165) is 29.2 Å². The lowest BCUT2D eigenvalue weighted by Gasteiger charge is -2.30. The molecule has 2 aromatic carbocycles. The van der Waals surface area contributed by atoms with Gasteiger partial charge in [-0.1, -0.05) is 42.5 Å². The second kappa shape index (κ2) is 6.87. The summed E-state index contributed by atoms with van der Waals surface area (Å²) in [6.07, 6.45) is 0.891. The Morgan fingerprint density at radius 2 is 1.81 bits per heavy atom. The van der Waals surface area contributed by atoms with Crippen LogP contribution < -0.4 is 0 Å². The van der Waals surface area contributed by atoms with Gasteiger partial charge in [-0.15, -0.1) is 0 Å². The van der Waals surface area contributed by atoms with Crippen molar-refractivity contribution < 1.29 is 19.1 Å². The van der Waals surface area contributed by atoms with Crippen LogP contribution in [0.5, 0.6) is 0 Å². The largest absolute Gasteiger partial charge is 0.461 e. The predicted molar refractivity (Wildman–Crippen MR) is 102 cm³/mol. The normalized spacial score (nSPS) is 23.6. The molecule has 2 fully saturated rings. The molecule has 1 saturated carbocycles. The topological polar surface area (TPSA) is 55.8 Å². The fourth-order valence-corrected chi connectivity index (χ4v) is 4.01. The minimum atomic E-state index is -0.693. The summed E-state index contributed by atoms with van der Waals surface area (Å²) in [5.74, 6) is -0.122.